The zero-order chi connectivity index (χ0) is 13.0. The maximum atomic E-state index is 11.3. The van der Waals surface area contributed by atoms with Gasteiger partial charge in [-0.15, -0.1) is 0 Å². The molecule has 2 rings (SSSR count). The van der Waals surface area contributed by atoms with Crippen molar-refractivity contribution < 1.29 is 4.21 Å². The summed E-state index contributed by atoms with van der Waals surface area (Å²) in [6.45, 7) is 2.99. The van der Waals surface area contributed by atoms with Crippen LogP contribution in [0.4, 0.5) is 0 Å². The van der Waals surface area contributed by atoms with Gasteiger partial charge in [-0.2, -0.15) is 11.3 Å². The first-order valence-corrected chi connectivity index (χ1v) is 8.35. The number of benzene rings is 1. The molecule has 0 saturated carbocycles. The lowest BCUT2D eigenvalue weighted by molar-refractivity contribution is 0.576. The van der Waals surface area contributed by atoms with Crippen molar-refractivity contribution in [1.29, 1.82) is 0 Å². The fraction of sp³-hybridized carbons (Fsp3) is 0.286. The molecule has 0 amide bonds. The van der Waals surface area contributed by atoms with Crippen molar-refractivity contribution >= 4 is 22.1 Å². The van der Waals surface area contributed by atoms with Gasteiger partial charge < -0.3 is 5.32 Å². The van der Waals surface area contributed by atoms with Gasteiger partial charge in [-0.1, -0.05) is 12.1 Å². The summed E-state index contributed by atoms with van der Waals surface area (Å²) in [6.07, 6.45) is 1.70. The molecule has 0 aliphatic rings. The summed E-state index contributed by atoms with van der Waals surface area (Å²) in [4.78, 5) is 0.879. The maximum Gasteiger partial charge on any atom is 0.0498 e. The Balaban J connectivity index is 1.92. The molecule has 0 aliphatic carbocycles. The largest absolute Gasteiger partial charge is 0.306 e. The number of thiophene rings is 1. The van der Waals surface area contributed by atoms with Gasteiger partial charge in [0, 0.05) is 34.5 Å². The van der Waals surface area contributed by atoms with E-state index < -0.39 is 10.8 Å². The van der Waals surface area contributed by atoms with Crippen molar-refractivity contribution in [1.82, 2.24) is 5.32 Å². The summed E-state index contributed by atoms with van der Waals surface area (Å²) in [5.41, 5.74) is 2.54. The van der Waals surface area contributed by atoms with Crippen LogP contribution < -0.4 is 5.32 Å². The summed E-state index contributed by atoms with van der Waals surface area (Å²) >= 11 is 1.72. The van der Waals surface area contributed by atoms with Gasteiger partial charge in [0.2, 0.25) is 0 Å². The highest BCUT2D eigenvalue weighted by molar-refractivity contribution is 7.84. The fourth-order valence-electron chi connectivity index (χ4n) is 1.71. The lowest BCUT2D eigenvalue weighted by Gasteiger charge is -2.12. The van der Waals surface area contributed by atoms with Crippen LogP contribution in [0.3, 0.4) is 0 Å². The first-order chi connectivity index (χ1) is 8.66. The second-order valence-corrected chi connectivity index (χ2v) is 6.42. The van der Waals surface area contributed by atoms with Gasteiger partial charge in [0.05, 0.1) is 0 Å². The van der Waals surface area contributed by atoms with Crippen LogP contribution in [0.5, 0.6) is 0 Å². The third-order valence-electron chi connectivity index (χ3n) is 2.91. The summed E-state index contributed by atoms with van der Waals surface area (Å²) in [5.74, 6) is 0. The lowest BCUT2D eigenvalue weighted by atomic mass is 10.1. The topological polar surface area (TPSA) is 29.1 Å². The van der Waals surface area contributed by atoms with E-state index in [2.05, 4.69) is 29.1 Å². The predicted octanol–water partition coefficient (Wildman–Crippen LogP) is 3.34. The Morgan fingerprint density at radius 1 is 1.28 bits per heavy atom. The van der Waals surface area contributed by atoms with Crippen LogP contribution in [0.15, 0.2) is 46.0 Å². The van der Waals surface area contributed by atoms with E-state index in [1.165, 1.54) is 11.1 Å². The first kappa shape index (κ1) is 13.5. The van der Waals surface area contributed by atoms with Crippen molar-refractivity contribution in [2.75, 3.05) is 6.26 Å². The standard InChI is InChI=1S/C14H17NOS2/c1-11(13-7-8-17-10-13)15-9-12-3-5-14(6-4-12)18(2)16/h3-8,10-11,15H,9H2,1-2H3/t11-,18+/m0/s1. The molecule has 1 aromatic carbocycles. The molecule has 0 bridgehead atoms. The van der Waals surface area contributed by atoms with Gasteiger partial charge in [-0.25, -0.2) is 0 Å². The maximum absolute atomic E-state index is 11.3. The van der Waals surface area contributed by atoms with Gasteiger partial charge in [0.1, 0.15) is 0 Å². The number of nitrogens with one attached hydrogen (secondary N) is 1. The van der Waals surface area contributed by atoms with Crippen molar-refractivity contribution in [2.24, 2.45) is 0 Å². The van der Waals surface area contributed by atoms with Gasteiger partial charge in [-0.05, 0) is 47.0 Å². The number of hydrogen-bond acceptors (Lipinski definition) is 3. The van der Waals surface area contributed by atoms with Crippen LogP contribution in [0.2, 0.25) is 0 Å². The van der Waals surface area contributed by atoms with Crippen molar-refractivity contribution in [2.45, 2.75) is 24.4 Å². The summed E-state index contributed by atoms with van der Waals surface area (Å²) in [6, 6.07) is 10.4. The molecular weight excluding hydrogens is 262 g/mol. The number of hydrogen-bond donors (Lipinski definition) is 1. The predicted molar refractivity (Wildman–Crippen MR) is 78.3 cm³/mol. The fourth-order valence-corrected chi connectivity index (χ4v) is 2.98. The van der Waals surface area contributed by atoms with E-state index in [9.17, 15) is 4.21 Å². The molecule has 0 spiro atoms. The van der Waals surface area contributed by atoms with E-state index in [4.69, 9.17) is 0 Å². The molecule has 1 N–H and O–H groups in total. The molecule has 96 valence electrons. The zero-order valence-electron chi connectivity index (χ0n) is 10.6. The van der Waals surface area contributed by atoms with Crippen molar-refractivity contribution in [3.8, 4) is 0 Å². The average Bonchev–Trinajstić information content (AvgIpc) is 2.90. The SMILES string of the molecule is C[C@H](NCc1ccc([S@@](C)=O)cc1)c1ccsc1. The minimum absolute atomic E-state index is 0.358. The highest BCUT2D eigenvalue weighted by Crippen LogP contribution is 2.16. The van der Waals surface area contributed by atoms with Gasteiger partial charge in [0.15, 0.2) is 0 Å². The van der Waals surface area contributed by atoms with E-state index in [1.807, 2.05) is 24.3 Å². The average molecular weight is 279 g/mol. The van der Waals surface area contributed by atoms with Crippen LogP contribution in [-0.2, 0) is 17.3 Å². The third kappa shape index (κ3) is 3.51. The summed E-state index contributed by atoms with van der Waals surface area (Å²) in [5, 5.41) is 7.74. The summed E-state index contributed by atoms with van der Waals surface area (Å²) < 4.78 is 11.3. The molecular formula is C14H17NOS2. The molecule has 4 heteroatoms. The molecule has 2 atom stereocenters. The van der Waals surface area contributed by atoms with Crippen LogP contribution >= 0.6 is 11.3 Å². The quantitative estimate of drug-likeness (QED) is 0.909. The van der Waals surface area contributed by atoms with Crippen LogP contribution in [0.25, 0.3) is 0 Å². The number of rotatable bonds is 5. The molecule has 0 radical (unpaired) electrons. The summed E-state index contributed by atoms with van der Waals surface area (Å²) in [7, 11) is -0.893. The van der Waals surface area contributed by atoms with E-state index in [0.717, 1.165) is 11.4 Å². The molecule has 1 aromatic heterocycles. The van der Waals surface area contributed by atoms with Crippen molar-refractivity contribution in [3.05, 3.63) is 52.2 Å². The normalized spacial score (nSPS) is 14.3. The van der Waals surface area contributed by atoms with Gasteiger partial charge in [-0.3, -0.25) is 4.21 Å². The van der Waals surface area contributed by atoms with Crippen LogP contribution in [0, 0.1) is 0 Å². The smallest absolute Gasteiger partial charge is 0.0498 e. The highest BCUT2D eigenvalue weighted by atomic mass is 32.2. The Hall–Kier alpha value is -0.970. The highest BCUT2D eigenvalue weighted by Gasteiger charge is 2.05. The molecule has 18 heavy (non-hydrogen) atoms. The minimum atomic E-state index is -0.893. The first-order valence-electron chi connectivity index (χ1n) is 5.84. The van der Waals surface area contributed by atoms with Gasteiger partial charge in [0.25, 0.3) is 0 Å². The Bertz CT molecular complexity index is 505. The molecule has 0 unspecified atom stereocenters. The Kier molecular flexibility index (Phi) is 4.69. The second kappa shape index (κ2) is 6.27. The van der Waals surface area contributed by atoms with E-state index in [0.29, 0.717) is 6.04 Å². The molecule has 0 aliphatic heterocycles. The monoisotopic (exact) mass is 279 g/mol. The van der Waals surface area contributed by atoms with E-state index in [-0.39, 0.29) is 0 Å². The Labute approximate surface area is 115 Å². The third-order valence-corrected chi connectivity index (χ3v) is 4.55. The van der Waals surface area contributed by atoms with Crippen LogP contribution in [-0.4, -0.2) is 10.5 Å². The molecule has 0 fully saturated rings. The second-order valence-electron chi connectivity index (χ2n) is 4.26. The Morgan fingerprint density at radius 3 is 2.56 bits per heavy atom. The van der Waals surface area contributed by atoms with E-state index in [1.54, 1.807) is 17.6 Å². The molecule has 2 nitrogen and oxygen atoms in total. The van der Waals surface area contributed by atoms with Crippen molar-refractivity contribution in [3.63, 3.8) is 0 Å². The minimum Gasteiger partial charge on any atom is -0.306 e. The lowest BCUT2D eigenvalue weighted by Crippen LogP contribution is -2.17. The Morgan fingerprint density at radius 2 is 2.00 bits per heavy atom. The van der Waals surface area contributed by atoms with Crippen LogP contribution in [0.1, 0.15) is 24.1 Å². The zero-order valence-corrected chi connectivity index (χ0v) is 12.2. The van der Waals surface area contributed by atoms with Gasteiger partial charge >= 0.3 is 0 Å². The molecule has 0 saturated heterocycles. The molecule has 2 aromatic rings. The molecule has 1 heterocycles. The van der Waals surface area contributed by atoms with E-state index >= 15 is 0 Å².